The Morgan fingerprint density at radius 3 is 2.86 bits per heavy atom. The summed E-state index contributed by atoms with van der Waals surface area (Å²) in [5.41, 5.74) is 7.07. The highest BCUT2D eigenvalue weighted by molar-refractivity contribution is 7.98. The number of carbonyl (C=O) groups is 1. The molecule has 1 heterocycles. The van der Waals surface area contributed by atoms with E-state index in [0.29, 0.717) is 12.0 Å². The maximum atomic E-state index is 11.6. The molecule has 0 unspecified atom stereocenters. The van der Waals surface area contributed by atoms with E-state index in [4.69, 9.17) is 5.73 Å². The number of fused-ring (bicyclic) bond motifs is 1. The van der Waals surface area contributed by atoms with Crippen LogP contribution in [-0.4, -0.2) is 22.0 Å². The highest BCUT2D eigenvalue weighted by Crippen LogP contribution is 2.27. The summed E-state index contributed by atoms with van der Waals surface area (Å²) in [6.45, 7) is 0. The summed E-state index contributed by atoms with van der Waals surface area (Å²) in [5.74, 6) is 0.415. The Labute approximate surface area is 86.3 Å². The molecule has 5 heteroatoms. The molecule has 0 fully saturated rings. The van der Waals surface area contributed by atoms with Crippen molar-refractivity contribution in [2.24, 2.45) is 0 Å². The Hall–Kier alpha value is -1.10. The lowest BCUT2D eigenvalue weighted by atomic mass is 9.96. The van der Waals surface area contributed by atoms with Crippen molar-refractivity contribution in [1.82, 2.24) is 9.97 Å². The first-order chi connectivity index (χ1) is 6.72. The van der Waals surface area contributed by atoms with Crippen LogP contribution in [0.1, 0.15) is 28.9 Å². The predicted molar refractivity (Wildman–Crippen MR) is 55.5 cm³/mol. The number of nitrogen functional groups attached to an aromatic ring is 1. The number of rotatable bonds is 1. The minimum absolute atomic E-state index is 0.149. The molecule has 1 aliphatic rings. The fraction of sp³-hybridized carbons (Fsp3) is 0.444. The molecule has 0 aromatic carbocycles. The number of ketones is 1. The van der Waals surface area contributed by atoms with E-state index < -0.39 is 0 Å². The molecule has 2 rings (SSSR count). The van der Waals surface area contributed by atoms with Crippen LogP contribution in [0.15, 0.2) is 5.03 Å². The smallest absolute Gasteiger partial charge is 0.221 e. The summed E-state index contributed by atoms with van der Waals surface area (Å²) in [5, 5.41) is 0.720. The van der Waals surface area contributed by atoms with Crippen LogP contribution in [0.3, 0.4) is 0 Å². The topological polar surface area (TPSA) is 68.9 Å². The van der Waals surface area contributed by atoms with Crippen LogP contribution in [0.5, 0.6) is 0 Å². The molecular weight excluding hydrogens is 198 g/mol. The lowest BCUT2D eigenvalue weighted by Gasteiger charge is -2.15. The van der Waals surface area contributed by atoms with E-state index in [9.17, 15) is 4.79 Å². The van der Waals surface area contributed by atoms with Gasteiger partial charge in [0.25, 0.3) is 0 Å². The molecule has 0 bridgehead atoms. The van der Waals surface area contributed by atoms with Gasteiger partial charge in [0.15, 0.2) is 5.78 Å². The number of hydrogen-bond donors (Lipinski definition) is 1. The molecule has 1 aromatic rings. The Morgan fingerprint density at radius 1 is 1.36 bits per heavy atom. The van der Waals surface area contributed by atoms with Crippen LogP contribution in [0, 0.1) is 0 Å². The van der Waals surface area contributed by atoms with Gasteiger partial charge in [0.05, 0.1) is 11.3 Å². The van der Waals surface area contributed by atoms with Gasteiger partial charge in [-0.15, -0.1) is 11.8 Å². The standard InChI is InChI=1S/C9H11N3OS/c1-14-8-7-5(11-9(10)12-8)3-2-4-6(7)13/h2-4H2,1H3,(H2,10,11,12). The molecular formula is C9H11N3OS. The Morgan fingerprint density at radius 2 is 2.14 bits per heavy atom. The molecule has 4 nitrogen and oxygen atoms in total. The fourth-order valence-corrected chi connectivity index (χ4v) is 2.27. The molecule has 0 aliphatic heterocycles. The SMILES string of the molecule is CSc1nc(N)nc2c1C(=O)CCC2. The van der Waals surface area contributed by atoms with E-state index in [1.165, 1.54) is 11.8 Å². The normalized spacial score (nSPS) is 15.4. The number of hydrogen-bond acceptors (Lipinski definition) is 5. The Balaban J connectivity index is 2.61. The second-order valence-corrected chi connectivity index (χ2v) is 3.98. The van der Waals surface area contributed by atoms with Gasteiger partial charge in [-0.1, -0.05) is 0 Å². The molecule has 0 amide bonds. The summed E-state index contributed by atoms with van der Waals surface area (Å²) in [6, 6.07) is 0. The van der Waals surface area contributed by atoms with Crippen LogP contribution in [0.2, 0.25) is 0 Å². The molecule has 0 saturated carbocycles. The molecule has 2 N–H and O–H groups in total. The number of nitrogens with zero attached hydrogens (tertiary/aromatic N) is 2. The quantitative estimate of drug-likeness (QED) is 0.557. The van der Waals surface area contributed by atoms with Crippen molar-refractivity contribution >= 4 is 23.5 Å². The lowest BCUT2D eigenvalue weighted by Crippen LogP contribution is -2.16. The Kier molecular flexibility index (Phi) is 2.41. The number of nitrogens with two attached hydrogens (primary N) is 1. The van der Waals surface area contributed by atoms with Gasteiger partial charge < -0.3 is 5.73 Å². The summed E-state index contributed by atoms with van der Waals surface area (Å²) < 4.78 is 0. The summed E-state index contributed by atoms with van der Waals surface area (Å²) in [7, 11) is 0. The van der Waals surface area contributed by atoms with Gasteiger partial charge in [-0.3, -0.25) is 4.79 Å². The molecule has 0 atom stereocenters. The highest BCUT2D eigenvalue weighted by atomic mass is 32.2. The number of aryl methyl sites for hydroxylation is 1. The highest BCUT2D eigenvalue weighted by Gasteiger charge is 2.23. The maximum absolute atomic E-state index is 11.6. The zero-order valence-electron chi connectivity index (χ0n) is 7.91. The van der Waals surface area contributed by atoms with Crippen molar-refractivity contribution < 1.29 is 4.79 Å². The average Bonchev–Trinajstić information content (AvgIpc) is 2.16. The molecule has 1 aromatic heterocycles. The van der Waals surface area contributed by atoms with E-state index in [-0.39, 0.29) is 11.7 Å². The van der Waals surface area contributed by atoms with Gasteiger partial charge in [-0.25, -0.2) is 9.97 Å². The minimum Gasteiger partial charge on any atom is -0.368 e. The third-order valence-electron chi connectivity index (χ3n) is 2.26. The fourth-order valence-electron chi connectivity index (χ4n) is 1.65. The Bertz CT molecular complexity index is 375. The maximum Gasteiger partial charge on any atom is 0.221 e. The number of anilines is 1. The van der Waals surface area contributed by atoms with Crippen LogP contribution < -0.4 is 5.73 Å². The van der Waals surface area contributed by atoms with Crippen molar-refractivity contribution in [3.63, 3.8) is 0 Å². The first-order valence-corrected chi connectivity index (χ1v) is 5.68. The molecule has 0 spiro atoms. The van der Waals surface area contributed by atoms with Crippen LogP contribution in [-0.2, 0) is 6.42 Å². The van der Waals surface area contributed by atoms with E-state index in [1.807, 2.05) is 6.26 Å². The minimum atomic E-state index is 0.149. The molecule has 74 valence electrons. The molecule has 1 aliphatic carbocycles. The van der Waals surface area contributed by atoms with Gasteiger partial charge in [-0.2, -0.15) is 0 Å². The lowest BCUT2D eigenvalue weighted by molar-refractivity contribution is 0.0967. The van der Waals surface area contributed by atoms with Crippen molar-refractivity contribution in [3.05, 3.63) is 11.3 Å². The summed E-state index contributed by atoms with van der Waals surface area (Å²) in [6.07, 6.45) is 4.20. The van der Waals surface area contributed by atoms with Crippen LogP contribution in [0.25, 0.3) is 0 Å². The summed E-state index contributed by atoms with van der Waals surface area (Å²) in [4.78, 5) is 19.8. The molecule has 0 radical (unpaired) electrons. The second-order valence-electron chi connectivity index (χ2n) is 3.19. The van der Waals surface area contributed by atoms with Crippen molar-refractivity contribution in [3.8, 4) is 0 Å². The number of thioether (sulfide) groups is 1. The first-order valence-electron chi connectivity index (χ1n) is 4.46. The van der Waals surface area contributed by atoms with Crippen LogP contribution >= 0.6 is 11.8 Å². The third kappa shape index (κ3) is 1.48. The largest absolute Gasteiger partial charge is 0.368 e. The second kappa shape index (κ2) is 3.57. The number of Topliss-reactive ketones (excluding diaryl/α,β-unsaturated/α-hetero) is 1. The number of carbonyl (C=O) groups excluding carboxylic acids is 1. The van der Waals surface area contributed by atoms with Crippen LogP contribution in [0.4, 0.5) is 5.95 Å². The third-order valence-corrected chi connectivity index (χ3v) is 2.94. The number of aromatic nitrogens is 2. The van der Waals surface area contributed by atoms with E-state index in [1.54, 1.807) is 0 Å². The summed E-state index contributed by atoms with van der Waals surface area (Å²) >= 11 is 1.45. The van der Waals surface area contributed by atoms with Gasteiger partial charge in [-0.05, 0) is 19.1 Å². The molecule has 0 saturated heterocycles. The zero-order valence-corrected chi connectivity index (χ0v) is 8.73. The zero-order chi connectivity index (χ0) is 10.1. The first kappa shape index (κ1) is 9.45. The van der Waals surface area contributed by atoms with E-state index in [0.717, 1.165) is 23.6 Å². The molecule has 14 heavy (non-hydrogen) atoms. The van der Waals surface area contributed by atoms with Gasteiger partial charge in [0, 0.05) is 6.42 Å². The van der Waals surface area contributed by atoms with Crippen molar-refractivity contribution in [2.75, 3.05) is 12.0 Å². The van der Waals surface area contributed by atoms with Crippen molar-refractivity contribution in [1.29, 1.82) is 0 Å². The van der Waals surface area contributed by atoms with E-state index in [2.05, 4.69) is 9.97 Å². The van der Waals surface area contributed by atoms with Crippen molar-refractivity contribution in [2.45, 2.75) is 24.3 Å². The van der Waals surface area contributed by atoms with Gasteiger partial charge in [0.2, 0.25) is 5.95 Å². The average molecular weight is 209 g/mol. The monoisotopic (exact) mass is 209 g/mol. The van der Waals surface area contributed by atoms with Gasteiger partial charge in [0.1, 0.15) is 5.03 Å². The van der Waals surface area contributed by atoms with E-state index >= 15 is 0 Å². The predicted octanol–water partition coefficient (Wildman–Crippen LogP) is 1.30. The van der Waals surface area contributed by atoms with Gasteiger partial charge >= 0.3 is 0 Å².